The van der Waals surface area contributed by atoms with Gasteiger partial charge in [0.25, 0.3) is 0 Å². The second kappa shape index (κ2) is 9.76. The van der Waals surface area contributed by atoms with E-state index in [4.69, 9.17) is 4.52 Å². The third-order valence-corrected chi connectivity index (χ3v) is 3.68. The van der Waals surface area contributed by atoms with Crippen LogP contribution in [0.2, 0.25) is 0 Å². The number of hydrogen-bond acceptors (Lipinski definition) is 4. The molecular formula is C18H26FN5O. The summed E-state index contributed by atoms with van der Waals surface area (Å²) in [6.07, 6.45) is 2.33. The summed E-state index contributed by atoms with van der Waals surface area (Å²) in [4.78, 5) is 8.53. The molecule has 0 saturated carbocycles. The lowest BCUT2D eigenvalue weighted by Gasteiger charge is -2.11. The lowest BCUT2D eigenvalue weighted by atomic mass is 10.1. The average Bonchev–Trinajstić information content (AvgIpc) is 3.06. The third-order valence-electron chi connectivity index (χ3n) is 3.68. The van der Waals surface area contributed by atoms with Crippen LogP contribution in [-0.2, 0) is 12.8 Å². The Labute approximate surface area is 147 Å². The van der Waals surface area contributed by atoms with Crippen molar-refractivity contribution in [3.8, 4) is 0 Å². The fourth-order valence-electron chi connectivity index (χ4n) is 2.29. The Hall–Kier alpha value is -2.44. The molecule has 0 atom stereocenters. The highest BCUT2D eigenvalue weighted by Gasteiger charge is 2.09. The number of hydrogen-bond donors (Lipinski definition) is 2. The van der Waals surface area contributed by atoms with Crippen LogP contribution in [0.25, 0.3) is 0 Å². The molecule has 0 aliphatic heterocycles. The average molecular weight is 347 g/mol. The maximum Gasteiger partial charge on any atom is 0.226 e. The van der Waals surface area contributed by atoms with Crippen molar-refractivity contribution in [3.63, 3.8) is 0 Å². The van der Waals surface area contributed by atoms with Gasteiger partial charge in [0, 0.05) is 32.5 Å². The minimum Gasteiger partial charge on any atom is -0.356 e. The van der Waals surface area contributed by atoms with Crippen molar-refractivity contribution < 1.29 is 8.91 Å². The van der Waals surface area contributed by atoms with Gasteiger partial charge in [-0.25, -0.2) is 4.39 Å². The van der Waals surface area contributed by atoms with E-state index in [0.29, 0.717) is 12.4 Å². The molecule has 0 amide bonds. The first-order chi connectivity index (χ1) is 12.1. The number of nitrogens with zero attached hydrogens (tertiary/aromatic N) is 3. The first-order valence-electron chi connectivity index (χ1n) is 8.60. The summed E-state index contributed by atoms with van der Waals surface area (Å²) in [5.74, 6) is 2.21. The van der Waals surface area contributed by atoms with Gasteiger partial charge in [-0.2, -0.15) is 4.98 Å². The molecule has 1 aromatic carbocycles. The van der Waals surface area contributed by atoms with Crippen LogP contribution in [-0.4, -0.2) is 36.2 Å². The van der Waals surface area contributed by atoms with Gasteiger partial charge in [-0.05, 0) is 30.5 Å². The van der Waals surface area contributed by atoms with Crippen LogP contribution in [0.5, 0.6) is 0 Å². The molecule has 136 valence electrons. The Morgan fingerprint density at radius 3 is 2.72 bits per heavy atom. The van der Waals surface area contributed by atoms with Gasteiger partial charge in [0.05, 0.1) is 0 Å². The van der Waals surface area contributed by atoms with E-state index in [-0.39, 0.29) is 11.7 Å². The molecule has 0 radical (unpaired) electrons. The van der Waals surface area contributed by atoms with E-state index in [1.165, 1.54) is 6.07 Å². The highest BCUT2D eigenvalue weighted by atomic mass is 19.1. The predicted octanol–water partition coefficient (Wildman–Crippen LogP) is 2.67. The van der Waals surface area contributed by atoms with Gasteiger partial charge < -0.3 is 15.2 Å². The second-order valence-corrected chi connectivity index (χ2v) is 6.11. The van der Waals surface area contributed by atoms with Crippen molar-refractivity contribution in [2.75, 3.05) is 20.1 Å². The number of halogens is 1. The standard InChI is InChI=1S/C18H26FN5O/c1-13(2)17-23-16(25-24-17)8-5-10-21-18(20-3)22-11-9-14-6-4-7-15(19)12-14/h4,6-7,12-13H,5,8-11H2,1-3H3,(H2,20,21,22). The second-order valence-electron chi connectivity index (χ2n) is 6.11. The molecule has 2 N–H and O–H groups in total. The summed E-state index contributed by atoms with van der Waals surface area (Å²) in [6.45, 7) is 5.51. The summed E-state index contributed by atoms with van der Waals surface area (Å²) in [7, 11) is 1.73. The normalized spacial score (nSPS) is 11.8. The zero-order valence-corrected chi connectivity index (χ0v) is 15.1. The van der Waals surface area contributed by atoms with E-state index in [1.54, 1.807) is 19.2 Å². The number of guanidine groups is 1. The number of rotatable bonds is 8. The number of nitrogens with one attached hydrogen (secondary N) is 2. The first kappa shape index (κ1) is 18.9. The van der Waals surface area contributed by atoms with Crippen molar-refractivity contribution in [1.29, 1.82) is 0 Å². The van der Waals surface area contributed by atoms with Gasteiger partial charge in [-0.15, -0.1) is 0 Å². The Bertz CT molecular complexity index is 684. The largest absolute Gasteiger partial charge is 0.356 e. The van der Waals surface area contributed by atoms with Crippen LogP contribution in [0.4, 0.5) is 4.39 Å². The lowest BCUT2D eigenvalue weighted by molar-refractivity contribution is 0.368. The Morgan fingerprint density at radius 2 is 2.04 bits per heavy atom. The van der Waals surface area contributed by atoms with Crippen LogP contribution in [0.3, 0.4) is 0 Å². The molecule has 0 bridgehead atoms. The Balaban J connectivity index is 1.64. The van der Waals surface area contributed by atoms with Crippen LogP contribution >= 0.6 is 0 Å². The van der Waals surface area contributed by atoms with Crippen LogP contribution in [0.15, 0.2) is 33.8 Å². The van der Waals surface area contributed by atoms with Gasteiger partial charge >= 0.3 is 0 Å². The first-order valence-corrected chi connectivity index (χ1v) is 8.60. The SMILES string of the molecule is CN=C(NCCCc1nc(C(C)C)no1)NCCc1cccc(F)c1. The maximum absolute atomic E-state index is 13.1. The van der Waals surface area contributed by atoms with Gasteiger partial charge in [0.15, 0.2) is 11.8 Å². The molecule has 0 fully saturated rings. The molecule has 1 heterocycles. The molecule has 0 saturated heterocycles. The molecule has 0 unspecified atom stereocenters. The summed E-state index contributed by atoms with van der Waals surface area (Å²) >= 11 is 0. The van der Waals surface area contributed by atoms with Crippen LogP contribution < -0.4 is 10.6 Å². The molecule has 7 heteroatoms. The number of aromatic nitrogens is 2. The van der Waals surface area contributed by atoms with Crippen LogP contribution in [0.1, 0.15) is 43.5 Å². The lowest BCUT2D eigenvalue weighted by Crippen LogP contribution is -2.38. The molecule has 0 aliphatic rings. The van der Waals surface area contributed by atoms with E-state index in [1.807, 2.05) is 19.9 Å². The van der Waals surface area contributed by atoms with Crippen molar-refractivity contribution in [2.24, 2.45) is 4.99 Å². The number of aliphatic imine (C=N–C) groups is 1. The molecule has 2 aromatic rings. The minimum atomic E-state index is -0.207. The highest BCUT2D eigenvalue weighted by Crippen LogP contribution is 2.10. The van der Waals surface area contributed by atoms with Crippen molar-refractivity contribution in [1.82, 2.24) is 20.8 Å². The molecule has 2 rings (SSSR count). The fourth-order valence-corrected chi connectivity index (χ4v) is 2.29. The van der Waals surface area contributed by atoms with Crippen LogP contribution in [0, 0.1) is 5.82 Å². The summed E-state index contributed by atoms with van der Waals surface area (Å²) < 4.78 is 18.4. The van der Waals surface area contributed by atoms with E-state index in [2.05, 4.69) is 25.8 Å². The molecule has 25 heavy (non-hydrogen) atoms. The maximum atomic E-state index is 13.1. The molecular weight excluding hydrogens is 321 g/mol. The molecule has 6 nitrogen and oxygen atoms in total. The molecule has 0 spiro atoms. The fraction of sp³-hybridized carbons (Fsp3) is 0.500. The third kappa shape index (κ3) is 6.52. The summed E-state index contributed by atoms with van der Waals surface area (Å²) in [5.41, 5.74) is 0.959. The summed E-state index contributed by atoms with van der Waals surface area (Å²) in [5, 5.41) is 10.4. The topological polar surface area (TPSA) is 75.3 Å². The monoisotopic (exact) mass is 347 g/mol. The highest BCUT2D eigenvalue weighted by molar-refractivity contribution is 5.79. The zero-order chi connectivity index (χ0) is 18.1. The zero-order valence-electron chi connectivity index (χ0n) is 15.1. The van der Waals surface area contributed by atoms with Gasteiger partial charge in [0.2, 0.25) is 5.89 Å². The van der Waals surface area contributed by atoms with E-state index in [0.717, 1.165) is 43.2 Å². The predicted molar refractivity (Wildman–Crippen MR) is 96.2 cm³/mol. The molecule has 0 aliphatic carbocycles. The number of benzene rings is 1. The Morgan fingerprint density at radius 1 is 1.24 bits per heavy atom. The smallest absolute Gasteiger partial charge is 0.226 e. The number of aryl methyl sites for hydroxylation is 1. The van der Waals surface area contributed by atoms with Crippen molar-refractivity contribution in [3.05, 3.63) is 47.4 Å². The van der Waals surface area contributed by atoms with E-state index in [9.17, 15) is 4.39 Å². The molecule has 1 aromatic heterocycles. The quantitative estimate of drug-likeness (QED) is 0.436. The van der Waals surface area contributed by atoms with Crippen molar-refractivity contribution >= 4 is 5.96 Å². The van der Waals surface area contributed by atoms with Gasteiger partial charge in [-0.3, -0.25) is 4.99 Å². The van der Waals surface area contributed by atoms with Gasteiger partial charge in [-0.1, -0.05) is 31.1 Å². The van der Waals surface area contributed by atoms with Crippen molar-refractivity contribution in [2.45, 2.75) is 39.0 Å². The van der Waals surface area contributed by atoms with E-state index < -0.39 is 0 Å². The van der Waals surface area contributed by atoms with Gasteiger partial charge in [0.1, 0.15) is 5.82 Å². The summed E-state index contributed by atoms with van der Waals surface area (Å²) in [6, 6.07) is 6.63. The Kier molecular flexibility index (Phi) is 7.37. The minimum absolute atomic E-state index is 0.207. The van der Waals surface area contributed by atoms with E-state index >= 15 is 0 Å².